The Hall–Kier alpha value is -3.09. The van der Waals surface area contributed by atoms with Crippen molar-refractivity contribution in [1.82, 2.24) is 14.5 Å². The van der Waals surface area contributed by atoms with E-state index in [1.165, 1.54) is 24.0 Å². The number of hydrogen-bond acceptors (Lipinski definition) is 4. The lowest BCUT2D eigenvalue weighted by atomic mass is 9.91. The van der Waals surface area contributed by atoms with Crippen molar-refractivity contribution in [2.45, 2.75) is 32.6 Å². The van der Waals surface area contributed by atoms with Gasteiger partial charge in [0, 0.05) is 18.3 Å². The second-order valence-electron chi connectivity index (χ2n) is 8.31. The molecule has 2 aromatic heterocycles. The number of aromatic nitrogens is 3. The van der Waals surface area contributed by atoms with Crippen LogP contribution in [-0.2, 0) is 19.9 Å². The number of nitrogens with one attached hydrogen (secondary N) is 2. The van der Waals surface area contributed by atoms with Gasteiger partial charge >= 0.3 is 0 Å². The number of imidazole rings is 1. The number of amides is 1. The minimum absolute atomic E-state index is 0.214. The van der Waals surface area contributed by atoms with E-state index >= 15 is 0 Å². The molecule has 4 aromatic rings. The van der Waals surface area contributed by atoms with E-state index in [0.717, 1.165) is 24.1 Å². The number of aryl methyl sites for hydroxylation is 3. The lowest BCUT2D eigenvalue weighted by Gasteiger charge is -2.18. The Bertz CT molecular complexity index is 1380. The molecule has 1 aliphatic rings. The highest BCUT2D eigenvalue weighted by molar-refractivity contribution is 6.39. The van der Waals surface area contributed by atoms with Crippen LogP contribution in [0.2, 0.25) is 10.0 Å². The number of fused-ring (bicyclic) bond motifs is 2. The summed E-state index contributed by atoms with van der Waals surface area (Å²) < 4.78 is 1.89. The van der Waals surface area contributed by atoms with Crippen LogP contribution < -0.4 is 10.6 Å². The van der Waals surface area contributed by atoms with Crippen LogP contribution in [0.3, 0.4) is 0 Å². The minimum atomic E-state index is -0.214. The molecule has 33 heavy (non-hydrogen) atoms. The second kappa shape index (κ2) is 8.69. The summed E-state index contributed by atoms with van der Waals surface area (Å²) >= 11 is 12.6. The van der Waals surface area contributed by atoms with Gasteiger partial charge < -0.3 is 15.2 Å². The van der Waals surface area contributed by atoms with Gasteiger partial charge in [0.1, 0.15) is 5.82 Å². The standard InChI is InChI=1S/C25H23Cl2N5O/c1-14-17-7-4-3-6-15(17)13-22(28-14)30-24(33)16-10-11-21-20(12-16)29-25(32(21)2)31-23-18(26)8-5-9-19(23)27/h5,8-13H,3-4,6-7H2,1-2H3,(H,29,31)(H,28,30,33). The SMILES string of the molecule is Cc1nc(NC(=O)c2ccc3c(c2)nc(Nc2c(Cl)cccc2Cl)n3C)cc2c1CCCC2. The Balaban J connectivity index is 1.41. The highest BCUT2D eigenvalue weighted by Gasteiger charge is 2.17. The van der Waals surface area contributed by atoms with E-state index < -0.39 is 0 Å². The molecule has 8 heteroatoms. The van der Waals surface area contributed by atoms with Gasteiger partial charge in [-0.25, -0.2) is 9.97 Å². The van der Waals surface area contributed by atoms with Gasteiger partial charge in [-0.05, 0) is 80.1 Å². The first kappa shape index (κ1) is 21.7. The average molecular weight is 480 g/mol. The normalized spacial score (nSPS) is 13.1. The van der Waals surface area contributed by atoms with Crippen molar-refractivity contribution in [2.24, 2.45) is 7.05 Å². The Kier molecular flexibility index (Phi) is 5.72. The molecular formula is C25H23Cl2N5O. The molecule has 2 heterocycles. The first-order valence-electron chi connectivity index (χ1n) is 10.9. The van der Waals surface area contributed by atoms with Crippen LogP contribution in [-0.4, -0.2) is 20.4 Å². The molecule has 2 N–H and O–H groups in total. The fourth-order valence-corrected chi connectivity index (χ4v) is 4.87. The Morgan fingerprint density at radius 3 is 2.58 bits per heavy atom. The number of hydrogen-bond donors (Lipinski definition) is 2. The molecular weight excluding hydrogens is 457 g/mol. The largest absolute Gasteiger partial charge is 0.323 e. The molecule has 6 nitrogen and oxygen atoms in total. The van der Waals surface area contributed by atoms with Crippen molar-refractivity contribution in [2.75, 3.05) is 10.6 Å². The molecule has 0 saturated carbocycles. The van der Waals surface area contributed by atoms with Crippen molar-refractivity contribution in [3.05, 3.63) is 74.9 Å². The maximum absolute atomic E-state index is 13.0. The van der Waals surface area contributed by atoms with Crippen LogP contribution in [0.25, 0.3) is 11.0 Å². The molecule has 1 aliphatic carbocycles. The Morgan fingerprint density at radius 1 is 1.03 bits per heavy atom. The van der Waals surface area contributed by atoms with E-state index in [0.29, 0.717) is 38.6 Å². The molecule has 0 bridgehead atoms. The first-order chi connectivity index (χ1) is 15.9. The zero-order valence-electron chi connectivity index (χ0n) is 18.4. The number of benzene rings is 2. The van der Waals surface area contributed by atoms with E-state index in [2.05, 4.69) is 20.6 Å². The molecule has 0 unspecified atom stereocenters. The van der Waals surface area contributed by atoms with Gasteiger partial charge in [-0.2, -0.15) is 0 Å². The zero-order valence-corrected chi connectivity index (χ0v) is 19.9. The number of carbonyl (C=O) groups is 1. The van der Waals surface area contributed by atoms with Gasteiger partial charge in [0.25, 0.3) is 5.91 Å². The molecule has 168 valence electrons. The van der Waals surface area contributed by atoms with Crippen LogP contribution in [0, 0.1) is 6.92 Å². The fraction of sp³-hybridized carbons (Fsp3) is 0.240. The third-order valence-corrected chi connectivity index (χ3v) is 6.76. The molecule has 0 radical (unpaired) electrons. The third-order valence-electron chi connectivity index (χ3n) is 6.13. The highest BCUT2D eigenvalue weighted by atomic mass is 35.5. The number of para-hydroxylation sites is 1. The summed E-state index contributed by atoms with van der Waals surface area (Å²) in [5, 5.41) is 7.16. The number of rotatable bonds is 4. The van der Waals surface area contributed by atoms with E-state index in [-0.39, 0.29) is 5.91 Å². The molecule has 0 aliphatic heterocycles. The van der Waals surface area contributed by atoms with Crippen molar-refractivity contribution >= 4 is 57.6 Å². The fourth-order valence-electron chi connectivity index (χ4n) is 4.38. The molecule has 0 atom stereocenters. The summed E-state index contributed by atoms with van der Waals surface area (Å²) in [6, 6.07) is 12.8. The smallest absolute Gasteiger partial charge is 0.256 e. The maximum atomic E-state index is 13.0. The van der Waals surface area contributed by atoms with E-state index in [1.54, 1.807) is 30.3 Å². The lowest BCUT2D eigenvalue weighted by molar-refractivity contribution is 0.102. The number of halogens is 2. The molecule has 0 fully saturated rings. The Morgan fingerprint density at radius 2 is 1.79 bits per heavy atom. The van der Waals surface area contributed by atoms with Gasteiger partial charge in [-0.15, -0.1) is 0 Å². The Labute approximate surface area is 202 Å². The lowest BCUT2D eigenvalue weighted by Crippen LogP contribution is -2.15. The van der Waals surface area contributed by atoms with Crippen LogP contribution in [0.5, 0.6) is 0 Å². The average Bonchev–Trinajstić information content (AvgIpc) is 3.11. The van der Waals surface area contributed by atoms with Crippen LogP contribution in [0.1, 0.15) is 40.0 Å². The first-order valence-corrected chi connectivity index (χ1v) is 11.6. The predicted octanol–water partition coefficient (Wildman–Crippen LogP) is 6.46. The monoisotopic (exact) mass is 479 g/mol. The number of carbonyl (C=O) groups excluding carboxylic acids is 1. The highest BCUT2D eigenvalue weighted by Crippen LogP contribution is 2.33. The number of anilines is 3. The van der Waals surface area contributed by atoms with Gasteiger partial charge in [0.15, 0.2) is 0 Å². The van der Waals surface area contributed by atoms with Crippen molar-refractivity contribution in [3.63, 3.8) is 0 Å². The number of nitrogens with zero attached hydrogens (tertiary/aromatic N) is 3. The maximum Gasteiger partial charge on any atom is 0.256 e. The molecule has 2 aromatic carbocycles. The summed E-state index contributed by atoms with van der Waals surface area (Å²) in [4.78, 5) is 22.2. The molecule has 0 spiro atoms. The van der Waals surface area contributed by atoms with E-state index in [4.69, 9.17) is 23.2 Å². The predicted molar refractivity (Wildman–Crippen MR) is 134 cm³/mol. The summed E-state index contributed by atoms with van der Waals surface area (Å²) in [5.41, 5.74) is 6.28. The number of pyridine rings is 1. The third kappa shape index (κ3) is 4.16. The van der Waals surface area contributed by atoms with Gasteiger partial charge in [0.2, 0.25) is 5.95 Å². The topological polar surface area (TPSA) is 71.8 Å². The summed E-state index contributed by atoms with van der Waals surface area (Å²) in [5.74, 6) is 0.952. The zero-order chi connectivity index (χ0) is 23.1. The van der Waals surface area contributed by atoms with Crippen molar-refractivity contribution < 1.29 is 4.79 Å². The summed E-state index contributed by atoms with van der Waals surface area (Å²) in [6.45, 7) is 2.01. The summed E-state index contributed by atoms with van der Waals surface area (Å²) in [7, 11) is 1.89. The summed E-state index contributed by atoms with van der Waals surface area (Å²) in [6.07, 6.45) is 4.47. The molecule has 0 saturated heterocycles. The van der Waals surface area contributed by atoms with Crippen molar-refractivity contribution in [3.8, 4) is 0 Å². The van der Waals surface area contributed by atoms with Crippen molar-refractivity contribution in [1.29, 1.82) is 0 Å². The van der Waals surface area contributed by atoms with Gasteiger partial charge in [-0.1, -0.05) is 29.3 Å². The van der Waals surface area contributed by atoms with Crippen LogP contribution in [0.15, 0.2) is 42.5 Å². The van der Waals surface area contributed by atoms with E-state index in [1.807, 2.05) is 30.7 Å². The molecule has 1 amide bonds. The second-order valence-corrected chi connectivity index (χ2v) is 9.13. The van der Waals surface area contributed by atoms with E-state index in [9.17, 15) is 4.79 Å². The van der Waals surface area contributed by atoms with Crippen LogP contribution >= 0.6 is 23.2 Å². The molecule has 5 rings (SSSR count). The minimum Gasteiger partial charge on any atom is -0.323 e. The van der Waals surface area contributed by atoms with Gasteiger partial charge in [-0.3, -0.25) is 4.79 Å². The van der Waals surface area contributed by atoms with Crippen LogP contribution in [0.4, 0.5) is 17.5 Å². The van der Waals surface area contributed by atoms with Gasteiger partial charge in [0.05, 0.1) is 26.8 Å². The quantitative estimate of drug-likeness (QED) is 0.352.